The minimum atomic E-state index is -1.00. The summed E-state index contributed by atoms with van der Waals surface area (Å²) in [5, 5.41) is 6.11. The van der Waals surface area contributed by atoms with E-state index in [-0.39, 0.29) is 11.5 Å². The number of para-hydroxylation sites is 1. The van der Waals surface area contributed by atoms with Gasteiger partial charge < -0.3 is 10.1 Å². The minimum absolute atomic E-state index is 0.0175. The first-order valence-electron chi connectivity index (χ1n) is 8.37. The van der Waals surface area contributed by atoms with Gasteiger partial charge in [0.1, 0.15) is 16.2 Å². The Morgan fingerprint density at radius 1 is 1.21 bits per heavy atom. The first-order chi connectivity index (χ1) is 13.5. The number of esters is 1. The topological polar surface area (TPSA) is 98.2 Å². The predicted molar refractivity (Wildman–Crippen MR) is 109 cm³/mol. The summed E-state index contributed by atoms with van der Waals surface area (Å²) < 4.78 is 5.20. The lowest BCUT2D eigenvalue weighted by Crippen LogP contribution is -2.31. The third-order valence-corrected chi connectivity index (χ3v) is 5.59. The molecule has 0 aliphatic carbocycles. The summed E-state index contributed by atoms with van der Waals surface area (Å²) in [7, 11) is 0. The second kappa shape index (κ2) is 8.94. The molecule has 0 saturated carbocycles. The fourth-order valence-electron chi connectivity index (χ4n) is 2.43. The Morgan fingerprint density at radius 2 is 2.00 bits per heavy atom. The highest BCUT2D eigenvalue weighted by Gasteiger charge is 2.20. The Hall–Kier alpha value is -2.78. The highest BCUT2D eigenvalue weighted by atomic mass is 32.2. The SMILES string of the molecule is CC(=O)c1ccccc1NC(=O)[C@H](C)OC(=O)CSc1ncnc2sccc12. The molecule has 1 atom stereocenters. The summed E-state index contributed by atoms with van der Waals surface area (Å²) >= 11 is 2.73. The van der Waals surface area contributed by atoms with Gasteiger partial charge in [0.15, 0.2) is 11.9 Å². The van der Waals surface area contributed by atoms with Crippen molar-refractivity contribution in [2.45, 2.75) is 25.0 Å². The zero-order valence-corrected chi connectivity index (χ0v) is 16.8. The molecule has 0 aliphatic rings. The van der Waals surface area contributed by atoms with E-state index in [4.69, 9.17) is 4.74 Å². The van der Waals surface area contributed by atoms with Gasteiger partial charge in [0, 0.05) is 10.9 Å². The molecule has 0 fully saturated rings. The Kier molecular flexibility index (Phi) is 6.37. The number of ketones is 1. The molecule has 3 rings (SSSR count). The summed E-state index contributed by atoms with van der Waals surface area (Å²) in [6.45, 7) is 2.90. The van der Waals surface area contributed by atoms with Crippen LogP contribution in [-0.4, -0.2) is 39.5 Å². The summed E-state index contributed by atoms with van der Waals surface area (Å²) in [6.07, 6.45) is 0.453. The molecule has 0 saturated heterocycles. The number of ether oxygens (including phenoxy) is 1. The Balaban J connectivity index is 1.56. The van der Waals surface area contributed by atoms with Crippen LogP contribution in [0.3, 0.4) is 0 Å². The number of anilines is 1. The fourth-order valence-corrected chi connectivity index (χ4v) is 3.99. The number of rotatable bonds is 7. The quantitative estimate of drug-likeness (QED) is 0.273. The number of fused-ring (bicyclic) bond motifs is 1. The van der Waals surface area contributed by atoms with Crippen molar-refractivity contribution in [2.24, 2.45) is 0 Å². The van der Waals surface area contributed by atoms with E-state index in [2.05, 4.69) is 15.3 Å². The van der Waals surface area contributed by atoms with Crippen molar-refractivity contribution < 1.29 is 19.1 Å². The number of aromatic nitrogens is 2. The van der Waals surface area contributed by atoms with Gasteiger partial charge in [-0.2, -0.15) is 0 Å². The van der Waals surface area contributed by atoms with E-state index in [0.717, 1.165) is 10.2 Å². The molecular weight excluding hydrogens is 398 g/mol. The molecule has 9 heteroatoms. The van der Waals surface area contributed by atoms with Crippen LogP contribution in [0.15, 0.2) is 47.1 Å². The smallest absolute Gasteiger partial charge is 0.317 e. The summed E-state index contributed by atoms with van der Waals surface area (Å²) in [5.41, 5.74) is 0.784. The van der Waals surface area contributed by atoms with Crippen molar-refractivity contribution in [3.05, 3.63) is 47.6 Å². The minimum Gasteiger partial charge on any atom is -0.452 e. The summed E-state index contributed by atoms with van der Waals surface area (Å²) in [6, 6.07) is 8.57. The van der Waals surface area contributed by atoms with Crippen LogP contribution in [-0.2, 0) is 14.3 Å². The molecule has 0 spiro atoms. The number of thioether (sulfide) groups is 1. The van der Waals surface area contributed by atoms with E-state index in [1.54, 1.807) is 24.3 Å². The molecule has 144 valence electrons. The van der Waals surface area contributed by atoms with Crippen LogP contribution in [0.25, 0.3) is 10.2 Å². The molecule has 3 aromatic rings. The predicted octanol–water partition coefficient (Wildman–Crippen LogP) is 3.56. The van der Waals surface area contributed by atoms with Crippen LogP contribution in [0.5, 0.6) is 0 Å². The fraction of sp³-hybridized carbons (Fsp3) is 0.211. The zero-order valence-electron chi connectivity index (χ0n) is 15.2. The maximum atomic E-state index is 12.3. The van der Waals surface area contributed by atoms with E-state index < -0.39 is 18.0 Å². The molecule has 1 N–H and O–H groups in total. The normalized spacial score (nSPS) is 11.8. The summed E-state index contributed by atoms with van der Waals surface area (Å²) in [4.78, 5) is 45.3. The molecule has 0 bridgehead atoms. The molecule has 1 aromatic carbocycles. The van der Waals surface area contributed by atoms with Crippen LogP contribution in [0, 0.1) is 0 Å². The third kappa shape index (κ3) is 4.73. The largest absolute Gasteiger partial charge is 0.452 e. The number of hydrogen-bond acceptors (Lipinski definition) is 8. The van der Waals surface area contributed by atoms with Crippen molar-refractivity contribution >= 4 is 56.7 Å². The van der Waals surface area contributed by atoms with Gasteiger partial charge in [-0.25, -0.2) is 9.97 Å². The van der Waals surface area contributed by atoms with Crippen LogP contribution in [0.2, 0.25) is 0 Å². The maximum Gasteiger partial charge on any atom is 0.317 e. The molecule has 2 heterocycles. The standard InChI is InChI=1S/C19H17N3O4S2/c1-11(23)13-5-3-4-6-15(13)22-17(25)12(2)26-16(24)9-28-19-14-7-8-27-18(14)20-10-21-19/h3-8,10,12H,9H2,1-2H3,(H,22,25)/t12-/m0/s1. The van der Waals surface area contributed by atoms with Gasteiger partial charge in [0.05, 0.1) is 11.4 Å². The van der Waals surface area contributed by atoms with Crippen molar-refractivity contribution in [3.8, 4) is 0 Å². The monoisotopic (exact) mass is 415 g/mol. The number of carbonyl (C=O) groups is 3. The number of carbonyl (C=O) groups excluding carboxylic acids is 3. The van der Waals surface area contributed by atoms with Gasteiger partial charge in [0.25, 0.3) is 5.91 Å². The average Bonchev–Trinajstić information content (AvgIpc) is 3.16. The first-order valence-corrected chi connectivity index (χ1v) is 10.2. The average molecular weight is 415 g/mol. The van der Waals surface area contributed by atoms with Crippen molar-refractivity contribution in [3.63, 3.8) is 0 Å². The molecule has 7 nitrogen and oxygen atoms in total. The number of Topliss-reactive ketones (excluding diaryl/α,β-unsaturated/α-hetero) is 1. The number of thiophene rings is 1. The molecule has 1 amide bonds. The van der Waals surface area contributed by atoms with E-state index in [1.807, 2.05) is 11.4 Å². The Bertz CT molecular complexity index is 1030. The highest BCUT2D eigenvalue weighted by Crippen LogP contribution is 2.27. The van der Waals surface area contributed by atoms with Gasteiger partial charge >= 0.3 is 5.97 Å². The second-order valence-corrected chi connectivity index (χ2v) is 7.69. The Morgan fingerprint density at radius 3 is 2.79 bits per heavy atom. The molecule has 0 unspecified atom stereocenters. The van der Waals surface area contributed by atoms with Gasteiger partial charge in [-0.1, -0.05) is 23.9 Å². The summed E-state index contributed by atoms with van der Waals surface area (Å²) in [5.74, 6) is -1.19. The highest BCUT2D eigenvalue weighted by molar-refractivity contribution is 8.00. The third-order valence-electron chi connectivity index (χ3n) is 3.79. The van der Waals surface area contributed by atoms with Crippen molar-refractivity contribution in [1.29, 1.82) is 0 Å². The van der Waals surface area contributed by atoms with Gasteiger partial charge in [-0.05, 0) is 37.4 Å². The van der Waals surface area contributed by atoms with E-state index in [9.17, 15) is 14.4 Å². The molecular formula is C19H17N3O4S2. The van der Waals surface area contributed by atoms with E-state index in [1.165, 1.54) is 43.3 Å². The lowest BCUT2D eigenvalue weighted by molar-refractivity contribution is -0.150. The van der Waals surface area contributed by atoms with Crippen LogP contribution in [0.1, 0.15) is 24.2 Å². The van der Waals surface area contributed by atoms with Crippen molar-refractivity contribution in [1.82, 2.24) is 9.97 Å². The number of benzene rings is 1. The lowest BCUT2D eigenvalue weighted by Gasteiger charge is -2.15. The lowest BCUT2D eigenvalue weighted by atomic mass is 10.1. The molecule has 0 radical (unpaired) electrons. The molecule has 2 aromatic heterocycles. The van der Waals surface area contributed by atoms with Crippen LogP contribution in [0.4, 0.5) is 5.69 Å². The van der Waals surface area contributed by atoms with Crippen molar-refractivity contribution in [2.75, 3.05) is 11.1 Å². The molecule has 28 heavy (non-hydrogen) atoms. The Labute approximate surface area is 169 Å². The zero-order chi connectivity index (χ0) is 20.1. The van der Waals surface area contributed by atoms with E-state index >= 15 is 0 Å². The number of nitrogens with zero attached hydrogens (tertiary/aromatic N) is 2. The van der Waals surface area contributed by atoms with Crippen LogP contribution >= 0.6 is 23.1 Å². The molecule has 0 aliphatic heterocycles. The first kappa shape index (κ1) is 20.0. The van der Waals surface area contributed by atoms with Gasteiger partial charge in [0.2, 0.25) is 0 Å². The van der Waals surface area contributed by atoms with E-state index in [0.29, 0.717) is 16.3 Å². The second-order valence-electron chi connectivity index (χ2n) is 5.83. The number of nitrogens with one attached hydrogen (secondary N) is 1. The number of amides is 1. The number of hydrogen-bond donors (Lipinski definition) is 1. The van der Waals surface area contributed by atoms with Crippen LogP contribution < -0.4 is 5.32 Å². The van der Waals surface area contributed by atoms with Gasteiger partial charge in [-0.3, -0.25) is 14.4 Å². The maximum absolute atomic E-state index is 12.3. The van der Waals surface area contributed by atoms with Gasteiger partial charge in [-0.15, -0.1) is 11.3 Å².